The summed E-state index contributed by atoms with van der Waals surface area (Å²) in [6, 6.07) is 20.5. The van der Waals surface area contributed by atoms with Crippen LogP contribution < -0.4 is 5.32 Å². The first-order valence-corrected chi connectivity index (χ1v) is 10.6. The fourth-order valence-electron chi connectivity index (χ4n) is 2.89. The molecule has 3 aromatic rings. The van der Waals surface area contributed by atoms with E-state index in [9.17, 15) is 9.59 Å². The Bertz CT molecular complexity index is 911. The molecule has 1 atom stereocenters. The lowest BCUT2D eigenvalue weighted by atomic mass is 10.0. The predicted molar refractivity (Wildman–Crippen MR) is 116 cm³/mol. The molecule has 1 aromatic heterocycles. The van der Waals surface area contributed by atoms with Gasteiger partial charge in [0.2, 0.25) is 5.91 Å². The minimum atomic E-state index is -0.627. The highest BCUT2D eigenvalue weighted by Crippen LogP contribution is 2.14. The highest BCUT2D eigenvalue weighted by atomic mass is 79.9. The van der Waals surface area contributed by atoms with Crippen LogP contribution in [0, 0.1) is 0 Å². The van der Waals surface area contributed by atoms with Crippen LogP contribution >= 0.6 is 27.3 Å². The molecule has 1 unspecified atom stereocenters. The smallest absolute Gasteiger partial charge is 0.262 e. The molecule has 0 saturated carbocycles. The van der Waals surface area contributed by atoms with Crippen LogP contribution in [0.1, 0.15) is 20.8 Å². The predicted octanol–water partition coefficient (Wildman–Crippen LogP) is 4.51. The number of likely N-dealkylation sites (N-methyl/N-ethyl adjacent to an activating group) is 1. The van der Waals surface area contributed by atoms with Crippen LogP contribution in [0.4, 0.5) is 0 Å². The first-order chi connectivity index (χ1) is 13.5. The molecule has 4 nitrogen and oxygen atoms in total. The van der Waals surface area contributed by atoms with Crippen molar-refractivity contribution >= 4 is 39.1 Å². The zero-order valence-corrected chi connectivity index (χ0v) is 17.9. The van der Waals surface area contributed by atoms with Gasteiger partial charge in [0.25, 0.3) is 5.91 Å². The fraction of sp³-hybridized carbons (Fsp3) is 0.182. The maximum Gasteiger partial charge on any atom is 0.262 e. The van der Waals surface area contributed by atoms with Gasteiger partial charge in [0.1, 0.15) is 6.04 Å². The number of rotatable bonds is 7. The summed E-state index contributed by atoms with van der Waals surface area (Å²) < 4.78 is 0.996. The van der Waals surface area contributed by atoms with E-state index in [-0.39, 0.29) is 11.8 Å². The Kier molecular flexibility index (Phi) is 7.01. The number of benzene rings is 2. The molecule has 1 heterocycles. The number of nitrogens with one attached hydrogen (secondary N) is 1. The Hall–Kier alpha value is -2.44. The summed E-state index contributed by atoms with van der Waals surface area (Å²) in [4.78, 5) is 27.9. The van der Waals surface area contributed by atoms with E-state index in [1.165, 1.54) is 11.3 Å². The van der Waals surface area contributed by atoms with E-state index >= 15 is 0 Å². The van der Waals surface area contributed by atoms with E-state index in [2.05, 4.69) is 21.2 Å². The van der Waals surface area contributed by atoms with Gasteiger partial charge in [0, 0.05) is 24.5 Å². The topological polar surface area (TPSA) is 49.4 Å². The molecule has 0 aliphatic heterocycles. The van der Waals surface area contributed by atoms with Crippen LogP contribution in [0.5, 0.6) is 0 Å². The normalized spacial score (nSPS) is 11.6. The van der Waals surface area contributed by atoms with E-state index in [1.807, 2.05) is 66.0 Å². The minimum absolute atomic E-state index is 0.114. The van der Waals surface area contributed by atoms with Crippen LogP contribution in [0.3, 0.4) is 0 Å². The van der Waals surface area contributed by atoms with Gasteiger partial charge in [-0.3, -0.25) is 9.59 Å². The highest BCUT2D eigenvalue weighted by Gasteiger charge is 2.25. The number of amides is 2. The minimum Gasteiger partial charge on any atom is -0.340 e. The lowest BCUT2D eigenvalue weighted by Crippen LogP contribution is -2.48. The first-order valence-electron chi connectivity index (χ1n) is 8.90. The van der Waals surface area contributed by atoms with Gasteiger partial charge in [0.15, 0.2) is 0 Å². The molecule has 0 fully saturated rings. The first kappa shape index (κ1) is 20.3. The molecule has 0 radical (unpaired) electrons. The van der Waals surface area contributed by atoms with Crippen molar-refractivity contribution in [1.82, 2.24) is 10.2 Å². The number of nitrogens with zero attached hydrogens (tertiary/aromatic N) is 1. The van der Waals surface area contributed by atoms with Crippen LogP contribution in [-0.2, 0) is 17.8 Å². The van der Waals surface area contributed by atoms with E-state index in [0.717, 1.165) is 15.6 Å². The largest absolute Gasteiger partial charge is 0.340 e. The van der Waals surface area contributed by atoms with Crippen LogP contribution in [-0.4, -0.2) is 29.8 Å². The molecule has 0 aliphatic rings. The molecular formula is C22H21BrN2O2S. The molecule has 0 saturated heterocycles. The molecular weight excluding hydrogens is 436 g/mol. The Morgan fingerprint density at radius 1 is 1.00 bits per heavy atom. The molecule has 144 valence electrons. The summed E-state index contributed by atoms with van der Waals surface area (Å²) in [5.41, 5.74) is 2.03. The summed E-state index contributed by atoms with van der Waals surface area (Å²) in [6.45, 7) is 0.478. The van der Waals surface area contributed by atoms with Gasteiger partial charge in [-0.05, 0) is 34.7 Å². The number of hydrogen-bond acceptors (Lipinski definition) is 3. The second-order valence-corrected chi connectivity index (χ2v) is 8.38. The number of carbonyl (C=O) groups excluding carboxylic acids is 2. The average Bonchev–Trinajstić information content (AvgIpc) is 3.24. The number of hydrogen-bond donors (Lipinski definition) is 1. The Labute approximate surface area is 177 Å². The van der Waals surface area contributed by atoms with Gasteiger partial charge >= 0.3 is 0 Å². The maximum atomic E-state index is 13.1. The molecule has 28 heavy (non-hydrogen) atoms. The molecule has 2 amide bonds. The molecule has 0 bridgehead atoms. The summed E-state index contributed by atoms with van der Waals surface area (Å²) >= 11 is 4.78. The monoisotopic (exact) mass is 456 g/mol. The average molecular weight is 457 g/mol. The lowest BCUT2D eigenvalue weighted by molar-refractivity contribution is -0.132. The zero-order chi connectivity index (χ0) is 19.9. The quantitative estimate of drug-likeness (QED) is 0.568. The van der Waals surface area contributed by atoms with Crippen LogP contribution in [0.2, 0.25) is 0 Å². The number of carbonyl (C=O) groups is 2. The zero-order valence-electron chi connectivity index (χ0n) is 15.5. The molecule has 3 rings (SSSR count). The van der Waals surface area contributed by atoms with Gasteiger partial charge in [-0.1, -0.05) is 64.5 Å². The van der Waals surface area contributed by atoms with Crippen LogP contribution in [0.25, 0.3) is 0 Å². The third kappa shape index (κ3) is 5.53. The van der Waals surface area contributed by atoms with Crippen molar-refractivity contribution in [3.8, 4) is 0 Å². The molecule has 0 spiro atoms. The van der Waals surface area contributed by atoms with Gasteiger partial charge in [-0.2, -0.15) is 0 Å². The second kappa shape index (κ2) is 9.66. The Morgan fingerprint density at radius 2 is 1.71 bits per heavy atom. The van der Waals surface area contributed by atoms with Crippen molar-refractivity contribution in [3.63, 3.8) is 0 Å². The standard InChI is InChI=1S/C22H21BrN2O2S/c1-25(15-17-9-11-18(23)12-10-17)22(27)19(14-16-6-3-2-4-7-16)24-21(26)20-8-5-13-28-20/h2-13,19H,14-15H2,1H3,(H,24,26). The molecule has 6 heteroatoms. The lowest BCUT2D eigenvalue weighted by Gasteiger charge is -2.25. The summed E-state index contributed by atoms with van der Waals surface area (Å²) in [5, 5.41) is 4.77. The Balaban J connectivity index is 1.74. The second-order valence-electron chi connectivity index (χ2n) is 6.51. The van der Waals surface area contributed by atoms with Crippen molar-refractivity contribution in [2.75, 3.05) is 7.05 Å². The van der Waals surface area contributed by atoms with Crippen molar-refractivity contribution in [1.29, 1.82) is 0 Å². The van der Waals surface area contributed by atoms with Crippen molar-refractivity contribution in [2.24, 2.45) is 0 Å². The summed E-state index contributed by atoms with van der Waals surface area (Å²) in [6.07, 6.45) is 0.446. The third-order valence-electron chi connectivity index (χ3n) is 4.34. The highest BCUT2D eigenvalue weighted by molar-refractivity contribution is 9.10. The maximum absolute atomic E-state index is 13.1. The van der Waals surface area contributed by atoms with Crippen molar-refractivity contribution in [2.45, 2.75) is 19.0 Å². The van der Waals surface area contributed by atoms with E-state index in [0.29, 0.717) is 17.8 Å². The van der Waals surface area contributed by atoms with Gasteiger partial charge in [-0.15, -0.1) is 11.3 Å². The summed E-state index contributed by atoms with van der Waals surface area (Å²) in [5.74, 6) is -0.335. The van der Waals surface area contributed by atoms with E-state index in [1.54, 1.807) is 18.0 Å². The number of thiophene rings is 1. The van der Waals surface area contributed by atoms with Crippen LogP contribution in [0.15, 0.2) is 76.6 Å². The van der Waals surface area contributed by atoms with E-state index < -0.39 is 6.04 Å². The Morgan fingerprint density at radius 3 is 2.36 bits per heavy atom. The van der Waals surface area contributed by atoms with Crippen molar-refractivity contribution in [3.05, 3.63) is 92.6 Å². The molecule has 0 aliphatic carbocycles. The summed E-state index contributed by atoms with van der Waals surface area (Å²) in [7, 11) is 1.76. The third-order valence-corrected chi connectivity index (χ3v) is 5.74. The van der Waals surface area contributed by atoms with Gasteiger partial charge in [0.05, 0.1) is 4.88 Å². The van der Waals surface area contributed by atoms with Crippen molar-refractivity contribution < 1.29 is 9.59 Å². The van der Waals surface area contributed by atoms with E-state index in [4.69, 9.17) is 0 Å². The van der Waals surface area contributed by atoms with Gasteiger partial charge in [-0.25, -0.2) is 0 Å². The molecule has 2 aromatic carbocycles. The SMILES string of the molecule is CN(Cc1ccc(Br)cc1)C(=O)C(Cc1ccccc1)NC(=O)c1cccs1. The number of halogens is 1. The molecule has 1 N–H and O–H groups in total. The van der Waals surface area contributed by atoms with Gasteiger partial charge < -0.3 is 10.2 Å². The fourth-order valence-corrected chi connectivity index (χ4v) is 3.79.